The van der Waals surface area contributed by atoms with Crippen molar-refractivity contribution in [2.45, 2.75) is 6.54 Å². The summed E-state index contributed by atoms with van der Waals surface area (Å²) in [7, 11) is 1.67. The van der Waals surface area contributed by atoms with Crippen molar-refractivity contribution >= 4 is 22.7 Å². The molecular formula is C24H22N2O5. The normalized spacial score (nSPS) is 10.9. The van der Waals surface area contributed by atoms with Gasteiger partial charge in [0.05, 0.1) is 12.1 Å². The molecular weight excluding hydrogens is 396 g/mol. The lowest BCUT2D eigenvalue weighted by atomic mass is 10.0. The molecule has 0 fully saturated rings. The van der Waals surface area contributed by atoms with Crippen molar-refractivity contribution in [1.29, 1.82) is 0 Å². The molecule has 158 valence electrons. The molecule has 0 bridgehead atoms. The van der Waals surface area contributed by atoms with Crippen molar-refractivity contribution < 1.29 is 19.1 Å². The second kappa shape index (κ2) is 8.89. The standard InChI is InChI=1S/C24H22N2O5/c1-25(18-7-3-2-4-8-18)23(28)16-26-20-15-17(11-12-22(20)31-24(26)29)19-9-5-6-10-21(19)30-14-13-27/h2-12,15,27H,13-14,16H2,1H3. The number of nitrogens with zero attached hydrogens (tertiary/aromatic N) is 2. The van der Waals surface area contributed by atoms with E-state index < -0.39 is 5.76 Å². The molecule has 1 heterocycles. The number of anilines is 1. The van der Waals surface area contributed by atoms with Gasteiger partial charge in [-0.3, -0.25) is 9.36 Å². The lowest BCUT2D eigenvalue weighted by Gasteiger charge is -2.17. The SMILES string of the molecule is CN(C(=O)Cn1c(=O)oc2ccc(-c3ccccc3OCCO)cc21)c1ccccc1. The first-order valence-corrected chi connectivity index (χ1v) is 9.86. The highest BCUT2D eigenvalue weighted by Crippen LogP contribution is 2.32. The number of ether oxygens (including phenoxy) is 1. The number of amides is 1. The third-order valence-electron chi connectivity index (χ3n) is 5.03. The van der Waals surface area contributed by atoms with Crippen LogP contribution in [0.1, 0.15) is 0 Å². The summed E-state index contributed by atoms with van der Waals surface area (Å²) in [6.07, 6.45) is 0. The topological polar surface area (TPSA) is 84.9 Å². The third kappa shape index (κ3) is 4.22. The van der Waals surface area contributed by atoms with Crippen molar-refractivity contribution in [3.05, 3.63) is 83.3 Å². The summed E-state index contributed by atoms with van der Waals surface area (Å²) in [6, 6.07) is 22.0. The van der Waals surface area contributed by atoms with Crippen LogP contribution in [0.25, 0.3) is 22.2 Å². The Kier molecular flexibility index (Phi) is 5.86. The summed E-state index contributed by atoms with van der Waals surface area (Å²) in [5.74, 6) is -0.215. The van der Waals surface area contributed by atoms with Crippen molar-refractivity contribution in [3.63, 3.8) is 0 Å². The minimum atomic E-state index is -0.591. The first-order chi connectivity index (χ1) is 15.1. The Morgan fingerprint density at radius 2 is 1.81 bits per heavy atom. The number of para-hydroxylation sites is 2. The molecule has 0 atom stereocenters. The summed E-state index contributed by atoms with van der Waals surface area (Å²) in [6.45, 7) is -0.0645. The third-order valence-corrected chi connectivity index (χ3v) is 5.03. The number of likely N-dealkylation sites (N-methyl/N-ethyl adjacent to an activating group) is 1. The minimum absolute atomic E-state index is 0.0916. The van der Waals surface area contributed by atoms with E-state index in [1.54, 1.807) is 19.2 Å². The monoisotopic (exact) mass is 418 g/mol. The van der Waals surface area contributed by atoms with Crippen LogP contribution in [0.4, 0.5) is 5.69 Å². The van der Waals surface area contributed by atoms with Crippen LogP contribution in [0.3, 0.4) is 0 Å². The van der Waals surface area contributed by atoms with Gasteiger partial charge in [0.1, 0.15) is 18.9 Å². The Morgan fingerprint density at radius 3 is 2.58 bits per heavy atom. The van der Waals surface area contributed by atoms with Gasteiger partial charge in [-0.2, -0.15) is 0 Å². The molecule has 0 aliphatic carbocycles. The van der Waals surface area contributed by atoms with Gasteiger partial charge in [0.15, 0.2) is 5.58 Å². The van der Waals surface area contributed by atoms with E-state index in [0.29, 0.717) is 16.8 Å². The fourth-order valence-corrected chi connectivity index (χ4v) is 3.40. The molecule has 1 N–H and O–H groups in total. The largest absolute Gasteiger partial charge is 0.491 e. The molecule has 1 amide bonds. The molecule has 0 aliphatic heterocycles. The Hall–Kier alpha value is -3.84. The van der Waals surface area contributed by atoms with E-state index in [0.717, 1.165) is 16.8 Å². The van der Waals surface area contributed by atoms with Gasteiger partial charge in [-0.25, -0.2) is 4.79 Å². The number of aliphatic hydroxyl groups is 1. The van der Waals surface area contributed by atoms with Crippen molar-refractivity contribution in [3.8, 4) is 16.9 Å². The molecule has 0 aliphatic rings. The second-order valence-electron chi connectivity index (χ2n) is 6.99. The average Bonchev–Trinajstić information content (AvgIpc) is 3.12. The minimum Gasteiger partial charge on any atom is -0.491 e. The molecule has 1 aromatic heterocycles. The molecule has 0 saturated carbocycles. The van der Waals surface area contributed by atoms with Gasteiger partial charge >= 0.3 is 5.76 Å². The van der Waals surface area contributed by atoms with Crippen molar-refractivity contribution in [2.75, 3.05) is 25.2 Å². The number of benzene rings is 3. The Bertz CT molecular complexity index is 1260. The summed E-state index contributed by atoms with van der Waals surface area (Å²) >= 11 is 0. The van der Waals surface area contributed by atoms with Crippen LogP contribution in [0, 0.1) is 0 Å². The highest BCUT2D eigenvalue weighted by Gasteiger charge is 2.18. The number of aliphatic hydroxyl groups excluding tert-OH is 1. The fraction of sp³-hybridized carbons (Fsp3) is 0.167. The number of carbonyl (C=O) groups is 1. The number of aromatic nitrogens is 1. The molecule has 7 nitrogen and oxygen atoms in total. The number of hydrogen-bond donors (Lipinski definition) is 1. The summed E-state index contributed by atoms with van der Waals surface area (Å²) in [5.41, 5.74) is 3.28. The molecule has 4 aromatic rings. The van der Waals surface area contributed by atoms with Gasteiger partial charge in [0, 0.05) is 18.3 Å². The molecule has 0 radical (unpaired) electrons. The van der Waals surface area contributed by atoms with Crippen molar-refractivity contribution in [1.82, 2.24) is 4.57 Å². The first-order valence-electron chi connectivity index (χ1n) is 9.86. The molecule has 0 unspecified atom stereocenters. The number of hydrogen-bond acceptors (Lipinski definition) is 5. The van der Waals surface area contributed by atoms with E-state index in [9.17, 15) is 9.59 Å². The Morgan fingerprint density at radius 1 is 1.06 bits per heavy atom. The van der Waals surface area contributed by atoms with E-state index in [4.69, 9.17) is 14.3 Å². The van der Waals surface area contributed by atoms with E-state index >= 15 is 0 Å². The molecule has 3 aromatic carbocycles. The Labute approximate surface area is 178 Å². The number of fused-ring (bicyclic) bond motifs is 1. The van der Waals surface area contributed by atoms with Gasteiger partial charge in [0.25, 0.3) is 0 Å². The van der Waals surface area contributed by atoms with Gasteiger partial charge < -0.3 is 19.2 Å². The average molecular weight is 418 g/mol. The van der Waals surface area contributed by atoms with E-state index in [1.807, 2.05) is 60.7 Å². The lowest BCUT2D eigenvalue weighted by Crippen LogP contribution is -2.32. The number of rotatable bonds is 7. The maximum atomic E-state index is 12.8. The summed E-state index contributed by atoms with van der Waals surface area (Å²) < 4.78 is 12.3. The fourth-order valence-electron chi connectivity index (χ4n) is 3.40. The van der Waals surface area contributed by atoms with Crippen LogP contribution >= 0.6 is 0 Å². The van der Waals surface area contributed by atoms with Crippen LogP contribution in [0.2, 0.25) is 0 Å². The van der Waals surface area contributed by atoms with E-state index in [-0.39, 0.29) is 25.7 Å². The van der Waals surface area contributed by atoms with Crippen LogP contribution in [-0.2, 0) is 11.3 Å². The van der Waals surface area contributed by atoms with Crippen LogP contribution in [-0.4, -0.2) is 35.8 Å². The number of oxazole rings is 1. The van der Waals surface area contributed by atoms with Crippen LogP contribution < -0.4 is 15.4 Å². The zero-order chi connectivity index (χ0) is 21.8. The van der Waals surface area contributed by atoms with Gasteiger partial charge in [0.2, 0.25) is 5.91 Å². The summed E-state index contributed by atoms with van der Waals surface area (Å²) in [5, 5.41) is 9.07. The Balaban J connectivity index is 1.69. The predicted molar refractivity (Wildman–Crippen MR) is 118 cm³/mol. The van der Waals surface area contributed by atoms with Gasteiger partial charge in [-0.15, -0.1) is 0 Å². The lowest BCUT2D eigenvalue weighted by molar-refractivity contribution is -0.118. The van der Waals surface area contributed by atoms with Gasteiger partial charge in [-0.05, 0) is 35.9 Å². The first kappa shape index (κ1) is 20.4. The van der Waals surface area contributed by atoms with Crippen LogP contribution in [0.15, 0.2) is 82.0 Å². The zero-order valence-electron chi connectivity index (χ0n) is 17.0. The van der Waals surface area contributed by atoms with Crippen LogP contribution in [0.5, 0.6) is 5.75 Å². The van der Waals surface area contributed by atoms with E-state index in [2.05, 4.69) is 0 Å². The second-order valence-corrected chi connectivity index (χ2v) is 6.99. The summed E-state index contributed by atoms with van der Waals surface area (Å²) in [4.78, 5) is 26.8. The van der Waals surface area contributed by atoms with E-state index in [1.165, 1.54) is 9.47 Å². The predicted octanol–water partition coefficient (Wildman–Crippen LogP) is 3.30. The highest BCUT2D eigenvalue weighted by molar-refractivity contribution is 5.93. The number of carbonyl (C=O) groups excluding carboxylic acids is 1. The highest BCUT2D eigenvalue weighted by atomic mass is 16.5. The molecule has 4 rings (SSSR count). The maximum Gasteiger partial charge on any atom is 0.420 e. The molecule has 0 spiro atoms. The maximum absolute atomic E-state index is 12.8. The van der Waals surface area contributed by atoms with Crippen molar-refractivity contribution in [2.24, 2.45) is 0 Å². The molecule has 7 heteroatoms. The molecule has 31 heavy (non-hydrogen) atoms. The van der Waals surface area contributed by atoms with Gasteiger partial charge in [-0.1, -0.05) is 42.5 Å². The zero-order valence-corrected chi connectivity index (χ0v) is 17.0. The quantitative estimate of drug-likeness (QED) is 0.498. The molecule has 0 saturated heterocycles. The smallest absolute Gasteiger partial charge is 0.420 e.